The van der Waals surface area contributed by atoms with E-state index in [0.29, 0.717) is 91.8 Å². The van der Waals surface area contributed by atoms with Crippen molar-refractivity contribution in [3.8, 4) is 0 Å². The number of ether oxygens (including phenoxy) is 1. The summed E-state index contributed by atoms with van der Waals surface area (Å²) >= 11 is 0. The molecule has 12 nitrogen and oxygen atoms in total. The van der Waals surface area contributed by atoms with E-state index in [4.69, 9.17) is 9.72 Å². The molecule has 4 amide bonds. The maximum Gasteiger partial charge on any atom is 0.236 e. The van der Waals surface area contributed by atoms with Gasteiger partial charge in [-0.15, -0.1) is 0 Å². The predicted molar refractivity (Wildman–Crippen MR) is 143 cm³/mol. The first-order valence-corrected chi connectivity index (χ1v) is 13.8. The molecule has 2 fully saturated rings. The molecular formula is C27H41N7O5. The van der Waals surface area contributed by atoms with Gasteiger partial charge in [-0.2, -0.15) is 0 Å². The summed E-state index contributed by atoms with van der Waals surface area (Å²) in [5.41, 5.74) is 1.74. The van der Waals surface area contributed by atoms with Crippen LogP contribution in [-0.2, 0) is 37.0 Å². The van der Waals surface area contributed by atoms with E-state index in [0.717, 1.165) is 11.4 Å². The van der Waals surface area contributed by atoms with Crippen molar-refractivity contribution in [2.75, 3.05) is 91.8 Å². The van der Waals surface area contributed by atoms with Crippen LogP contribution in [0, 0.1) is 0 Å². The number of rotatable bonds is 4. The summed E-state index contributed by atoms with van der Waals surface area (Å²) in [5.74, 6) is 0.193. The second-order valence-electron chi connectivity index (χ2n) is 10.4. The maximum absolute atomic E-state index is 13.0. The second kappa shape index (κ2) is 13.8. The van der Waals surface area contributed by atoms with Gasteiger partial charge >= 0.3 is 0 Å². The highest BCUT2D eigenvalue weighted by Gasteiger charge is 2.26. The van der Waals surface area contributed by atoms with Gasteiger partial charge in [0, 0.05) is 92.4 Å². The molecule has 12 heteroatoms. The first-order chi connectivity index (χ1) is 18.8. The van der Waals surface area contributed by atoms with Gasteiger partial charge in [0.15, 0.2) is 0 Å². The molecule has 0 spiro atoms. The molecule has 3 aliphatic heterocycles. The lowest BCUT2D eigenvalue weighted by Crippen LogP contribution is -2.52. The van der Waals surface area contributed by atoms with Gasteiger partial charge in [-0.25, -0.2) is 0 Å². The van der Waals surface area contributed by atoms with Crippen molar-refractivity contribution in [3.63, 3.8) is 0 Å². The fourth-order valence-corrected chi connectivity index (χ4v) is 5.21. The fraction of sp³-hybridized carbons (Fsp3) is 0.667. The zero-order chi connectivity index (χ0) is 27.8. The van der Waals surface area contributed by atoms with E-state index in [9.17, 15) is 19.2 Å². The van der Waals surface area contributed by atoms with Crippen LogP contribution >= 0.6 is 0 Å². The minimum atomic E-state index is 0.0451. The third-order valence-corrected chi connectivity index (χ3v) is 7.61. The first-order valence-electron chi connectivity index (χ1n) is 13.8. The molecule has 1 aromatic rings. The van der Waals surface area contributed by atoms with Crippen LogP contribution in [0.2, 0.25) is 0 Å². The van der Waals surface area contributed by atoms with E-state index in [1.54, 1.807) is 23.6 Å². The molecule has 2 saturated heterocycles. The summed E-state index contributed by atoms with van der Waals surface area (Å²) in [5, 5.41) is 0. The third-order valence-electron chi connectivity index (χ3n) is 7.61. The molecule has 0 atom stereocenters. The average molecular weight is 544 g/mol. The van der Waals surface area contributed by atoms with E-state index < -0.39 is 0 Å². The van der Waals surface area contributed by atoms with Crippen molar-refractivity contribution in [3.05, 3.63) is 29.6 Å². The van der Waals surface area contributed by atoms with E-state index >= 15 is 0 Å². The lowest BCUT2D eigenvalue weighted by Gasteiger charge is -2.35. The van der Waals surface area contributed by atoms with E-state index in [2.05, 4.69) is 9.80 Å². The van der Waals surface area contributed by atoms with Gasteiger partial charge in [-0.05, 0) is 12.1 Å². The molecule has 2 bridgehead atoms. The van der Waals surface area contributed by atoms with Gasteiger partial charge in [-0.3, -0.25) is 34.0 Å². The summed E-state index contributed by atoms with van der Waals surface area (Å²) in [7, 11) is 0. The van der Waals surface area contributed by atoms with Crippen LogP contribution in [0.4, 0.5) is 0 Å². The Morgan fingerprint density at radius 1 is 0.641 bits per heavy atom. The average Bonchev–Trinajstić information content (AvgIpc) is 2.92. The molecule has 214 valence electrons. The molecule has 0 N–H and O–H groups in total. The zero-order valence-corrected chi connectivity index (χ0v) is 23.2. The SMILES string of the molecule is CC(=O)N1CCN(C(=O)CN2CCOCCN(CC(=O)N3CCN(C(C)=O)CC3)Cc3cccc(n3)C2)CC1. The van der Waals surface area contributed by atoms with Gasteiger partial charge in [-0.1, -0.05) is 6.07 Å². The van der Waals surface area contributed by atoms with Crippen LogP contribution < -0.4 is 0 Å². The highest BCUT2D eigenvalue weighted by atomic mass is 16.5. The fourth-order valence-electron chi connectivity index (χ4n) is 5.21. The number of carbonyl (C=O) groups excluding carboxylic acids is 4. The molecule has 0 aromatic carbocycles. The van der Waals surface area contributed by atoms with Crippen molar-refractivity contribution < 1.29 is 23.9 Å². The topological polar surface area (TPSA) is 110 Å². The van der Waals surface area contributed by atoms with Gasteiger partial charge in [0.1, 0.15) is 0 Å². The molecule has 4 rings (SSSR count). The van der Waals surface area contributed by atoms with E-state index in [-0.39, 0.29) is 36.7 Å². The molecule has 0 aliphatic carbocycles. The summed E-state index contributed by atoms with van der Waals surface area (Å²) in [6.45, 7) is 11.3. The Labute approximate surface area is 230 Å². The van der Waals surface area contributed by atoms with Crippen LogP contribution in [0.1, 0.15) is 25.2 Å². The Morgan fingerprint density at radius 2 is 1.03 bits per heavy atom. The van der Waals surface area contributed by atoms with Crippen LogP contribution in [0.15, 0.2) is 18.2 Å². The third kappa shape index (κ3) is 8.45. The Hall–Kier alpha value is -3.09. The van der Waals surface area contributed by atoms with Crippen LogP contribution in [-0.4, -0.2) is 150 Å². The number of hydrogen-bond acceptors (Lipinski definition) is 8. The van der Waals surface area contributed by atoms with Crippen molar-refractivity contribution >= 4 is 23.6 Å². The van der Waals surface area contributed by atoms with Gasteiger partial charge < -0.3 is 24.3 Å². The number of amides is 4. The minimum absolute atomic E-state index is 0.0451. The number of nitrogens with zero attached hydrogens (tertiary/aromatic N) is 7. The Morgan fingerprint density at radius 3 is 1.41 bits per heavy atom. The molecule has 1 aromatic heterocycles. The Bertz CT molecular complexity index is 946. The van der Waals surface area contributed by atoms with Gasteiger partial charge in [0.05, 0.1) is 37.7 Å². The smallest absolute Gasteiger partial charge is 0.236 e. The van der Waals surface area contributed by atoms with E-state index in [1.807, 2.05) is 28.0 Å². The van der Waals surface area contributed by atoms with Crippen molar-refractivity contribution in [1.29, 1.82) is 0 Å². The van der Waals surface area contributed by atoms with Crippen molar-refractivity contribution in [2.45, 2.75) is 26.9 Å². The quantitative estimate of drug-likeness (QED) is 0.481. The zero-order valence-electron chi connectivity index (χ0n) is 23.2. The van der Waals surface area contributed by atoms with Crippen LogP contribution in [0.25, 0.3) is 0 Å². The normalized spacial score (nSPS) is 20.3. The van der Waals surface area contributed by atoms with Crippen LogP contribution in [0.5, 0.6) is 0 Å². The molecule has 0 radical (unpaired) electrons. The summed E-state index contributed by atoms with van der Waals surface area (Å²) < 4.78 is 5.93. The number of pyridine rings is 1. The lowest BCUT2D eigenvalue weighted by atomic mass is 10.2. The molecule has 0 unspecified atom stereocenters. The largest absolute Gasteiger partial charge is 0.379 e. The van der Waals surface area contributed by atoms with Gasteiger partial charge in [0.2, 0.25) is 23.6 Å². The number of carbonyl (C=O) groups is 4. The van der Waals surface area contributed by atoms with E-state index in [1.165, 1.54) is 0 Å². The Kier molecular flexibility index (Phi) is 10.2. The summed E-state index contributed by atoms with van der Waals surface area (Å²) in [6.07, 6.45) is 0. The summed E-state index contributed by atoms with van der Waals surface area (Å²) in [6, 6.07) is 5.90. The number of aromatic nitrogens is 1. The van der Waals surface area contributed by atoms with Crippen LogP contribution in [0.3, 0.4) is 0 Å². The molecule has 39 heavy (non-hydrogen) atoms. The predicted octanol–water partition coefficient (Wildman–Crippen LogP) is -0.903. The molecule has 4 heterocycles. The Balaban J connectivity index is 1.33. The van der Waals surface area contributed by atoms with Crippen molar-refractivity contribution in [2.24, 2.45) is 0 Å². The minimum Gasteiger partial charge on any atom is -0.379 e. The summed E-state index contributed by atoms with van der Waals surface area (Å²) in [4.78, 5) is 65.4. The highest BCUT2D eigenvalue weighted by Crippen LogP contribution is 2.11. The van der Waals surface area contributed by atoms with Gasteiger partial charge in [0.25, 0.3) is 0 Å². The number of fused-ring (bicyclic) bond motifs is 2. The number of piperazine rings is 2. The maximum atomic E-state index is 13.0. The second-order valence-corrected chi connectivity index (χ2v) is 10.4. The molecule has 0 saturated carbocycles. The highest BCUT2D eigenvalue weighted by molar-refractivity contribution is 5.80. The molecule has 3 aliphatic rings. The monoisotopic (exact) mass is 543 g/mol. The molecular weight excluding hydrogens is 502 g/mol. The standard InChI is InChI=1S/C27H41N7O5/c1-22(35)31-6-10-33(11-7-31)26(37)20-29-14-16-39-17-15-30(19-25-5-3-4-24(18-29)28-25)21-27(38)34-12-8-32(9-13-34)23(2)36/h3-5H,6-21H2,1-2H3. The lowest BCUT2D eigenvalue weighted by molar-refractivity contribution is -0.139. The number of hydrogen-bond donors (Lipinski definition) is 0. The van der Waals surface area contributed by atoms with Crippen molar-refractivity contribution in [1.82, 2.24) is 34.4 Å². The first kappa shape index (κ1) is 28.9.